The first-order chi connectivity index (χ1) is 23.3. The van der Waals surface area contributed by atoms with Crippen LogP contribution in [0.4, 0.5) is 5.69 Å². The van der Waals surface area contributed by atoms with E-state index in [1.807, 2.05) is 22.7 Å². The summed E-state index contributed by atoms with van der Waals surface area (Å²) in [6.07, 6.45) is 0. The van der Waals surface area contributed by atoms with Crippen LogP contribution in [-0.4, -0.2) is 10.5 Å². The quantitative estimate of drug-likeness (QED) is 0.191. The molecule has 10 aromatic rings. The van der Waals surface area contributed by atoms with Crippen LogP contribution in [-0.2, 0) is 0 Å². The normalized spacial score (nSPS) is 14.9. The van der Waals surface area contributed by atoms with Crippen molar-refractivity contribution in [1.29, 1.82) is 0 Å². The molecule has 4 heterocycles. The van der Waals surface area contributed by atoms with Crippen LogP contribution >= 0.6 is 22.7 Å². The number of nitrogens with one attached hydrogen (secondary N) is 1. The lowest BCUT2D eigenvalue weighted by Crippen LogP contribution is -2.36. The monoisotopic (exact) mass is 635 g/mol. The zero-order valence-corrected chi connectivity index (χ0v) is 26.7. The van der Waals surface area contributed by atoms with Crippen molar-refractivity contribution in [2.24, 2.45) is 4.99 Å². The molecule has 1 atom stereocenters. The van der Waals surface area contributed by atoms with Gasteiger partial charge in [0.25, 0.3) is 0 Å². The van der Waals surface area contributed by atoms with Crippen LogP contribution in [0.15, 0.2) is 145 Å². The highest BCUT2D eigenvalue weighted by Crippen LogP contribution is 2.50. The summed E-state index contributed by atoms with van der Waals surface area (Å²) in [7, 11) is 0. The van der Waals surface area contributed by atoms with E-state index < -0.39 is 0 Å². The fraction of sp³-hybridized carbons (Fsp3) is 0.0238. The summed E-state index contributed by atoms with van der Waals surface area (Å²) in [6.45, 7) is 0. The largest absolute Gasteiger partial charge is 0.343 e. The molecule has 0 amide bonds. The molecule has 0 saturated carbocycles. The second-order valence-electron chi connectivity index (χ2n) is 12.3. The van der Waals surface area contributed by atoms with Gasteiger partial charge < -0.3 is 5.32 Å². The molecule has 220 valence electrons. The molecule has 1 aliphatic rings. The Kier molecular flexibility index (Phi) is 5.20. The molecule has 0 fully saturated rings. The van der Waals surface area contributed by atoms with E-state index in [1.54, 1.807) is 0 Å². The first-order valence-corrected chi connectivity index (χ1v) is 17.6. The van der Waals surface area contributed by atoms with Gasteiger partial charge in [-0.15, -0.1) is 22.7 Å². The summed E-state index contributed by atoms with van der Waals surface area (Å²) in [5.74, 6) is 0.857. The summed E-state index contributed by atoms with van der Waals surface area (Å²) in [5, 5.41) is 15.5. The highest BCUT2D eigenvalue weighted by molar-refractivity contribution is 7.27. The van der Waals surface area contributed by atoms with E-state index in [4.69, 9.17) is 4.99 Å². The highest BCUT2D eigenvalue weighted by Gasteiger charge is 2.31. The van der Waals surface area contributed by atoms with E-state index in [9.17, 15) is 0 Å². The third kappa shape index (κ3) is 3.47. The number of thiophene rings is 2. The number of aliphatic imine (C=N–C) groups is 1. The van der Waals surface area contributed by atoms with Gasteiger partial charge >= 0.3 is 0 Å². The fourth-order valence-corrected chi connectivity index (χ4v) is 10.4. The molecule has 3 nitrogen and oxygen atoms in total. The molecule has 0 aliphatic carbocycles. The van der Waals surface area contributed by atoms with E-state index in [1.165, 1.54) is 78.5 Å². The number of nitrogens with zero attached hydrogens (tertiary/aromatic N) is 2. The molecule has 0 saturated heterocycles. The van der Waals surface area contributed by atoms with E-state index in [2.05, 4.69) is 149 Å². The lowest BCUT2D eigenvalue weighted by atomic mass is 9.99. The molecule has 0 spiro atoms. The molecule has 1 N–H and O–H groups in total. The summed E-state index contributed by atoms with van der Waals surface area (Å²) in [6, 6.07) is 50.6. The first kappa shape index (κ1) is 25.7. The summed E-state index contributed by atoms with van der Waals surface area (Å²) < 4.78 is 6.34. The maximum atomic E-state index is 5.57. The standard InChI is InChI=1S/C42H25N3S2/c1-2-13-25(14-3-1)36-41-37(31-23-22-24-12-4-5-15-26(24)39(31)47-41)44-42(43-36)45-32-20-10-8-18-29(32)35-38(45)28-17-7-6-16-27(28)34-30-19-9-11-21-33(30)46-40(34)35/h1-23,36H,(H,43,44). The summed E-state index contributed by atoms with van der Waals surface area (Å²) in [5.41, 5.74) is 4.66. The Morgan fingerprint density at radius 2 is 1.23 bits per heavy atom. The molecule has 5 heteroatoms. The van der Waals surface area contributed by atoms with Crippen molar-refractivity contribution in [1.82, 2.24) is 9.88 Å². The van der Waals surface area contributed by atoms with Crippen LogP contribution in [0.2, 0.25) is 0 Å². The van der Waals surface area contributed by atoms with Gasteiger partial charge in [-0.25, -0.2) is 4.99 Å². The van der Waals surface area contributed by atoms with Crippen LogP contribution in [0.25, 0.3) is 73.6 Å². The number of hydrogen-bond donors (Lipinski definition) is 1. The van der Waals surface area contributed by atoms with E-state index >= 15 is 0 Å². The van der Waals surface area contributed by atoms with Gasteiger partial charge in [0.1, 0.15) is 0 Å². The van der Waals surface area contributed by atoms with Crippen molar-refractivity contribution in [3.8, 4) is 0 Å². The van der Waals surface area contributed by atoms with Crippen molar-refractivity contribution in [3.63, 3.8) is 0 Å². The van der Waals surface area contributed by atoms with E-state index in [-0.39, 0.29) is 6.04 Å². The van der Waals surface area contributed by atoms with Gasteiger partial charge in [-0.05, 0) is 33.9 Å². The topological polar surface area (TPSA) is 29.3 Å². The molecule has 7 aromatic carbocycles. The van der Waals surface area contributed by atoms with Crippen molar-refractivity contribution in [2.45, 2.75) is 6.04 Å². The van der Waals surface area contributed by atoms with Crippen molar-refractivity contribution in [3.05, 3.63) is 150 Å². The van der Waals surface area contributed by atoms with Gasteiger partial charge in [-0.2, -0.15) is 0 Å². The molecule has 0 radical (unpaired) electrons. The fourth-order valence-electron chi connectivity index (χ4n) is 7.81. The second kappa shape index (κ2) is 9.52. The average Bonchev–Trinajstić information content (AvgIpc) is 3.82. The molecule has 3 aromatic heterocycles. The smallest absolute Gasteiger partial charge is 0.209 e. The molecule has 0 bridgehead atoms. The number of benzene rings is 7. The number of rotatable bonds is 1. The maximum Gasteiger partial charge on any atom is 0.209 e. The third-order valence-corrected chi connectivity index (χ3v) is 12.3. The molecule has 11 rings (SSSR count). The molecular formula is C42H25N3S2. The Morgan fingerprint density at radius 3 is 2.11 bits per heavy atom. The Labute approximate surface area is 277 Å². The second-order valence-corrected chi connectivity index (χ2v) is 14.4. The van der Waals surface area contributed by atoms with Gasteiger partial charge in [0, 0.05) is 46.4 Å². The Bertz CT molecular complexity index is 2940. The molecule has 1 aliphatic heterocycles. The van der Waals surface area contributed by atoms with Crippen molar-refractivity contribution >= 4 is 108 Å². The molecule has 1 unspecified atom stereocenters. The molecule has 47 heavy (non-hydrogen) atoms. The molecular weight excluding hydrogens is 611 g/mol. The van der Waals surface area contributed by atoms with E-state index in [0.717, 1.165) is 17.2 Å². The number of aromatic nitrogens is 1. The minimum atomic E-state index is -0.0367. The van der Waals surface area contributed by atoms with Gasteiger partial charge in [0.05, 0.1) is 27.6 Å². The lowest BCUT2D eigenvalue weighted by Gasteiger charge is -2.26. The Hall–Kier alpha value is -5.49. The SMILES string of the molecule is c1ccc(C2NC(n3c4ccccc4c4c5sc6ccccc6c5c5ccccc5c43)=Nc3c2sc2c3ccc3ccccc32)cc1. The third-order valence-electron chi connectivity index (χ3n) is 9.83. The Morgan fingerprint density at radius 1 is 0.532 bits per heavy atom. The summed E-state index contributed by atoms with van der Waals surface area (Å²) >= 11 is 3.77. The zero-order valence-electron chi connectivity index (χ0n) is 25.1. The van der Waals surface area contributed by atoms with Gasteiger partial charge in [0.2, 0.25) is 5.96 Å². The van der Waals surface area contributed by atoms with E-state index in [0.29, 0.717) is 0 Å². The minimum absolute atomic E-state index is 0.0367. The highest BCUT2D eigenvalue weighted by atomic mass is 32.1. The number of hydrogen-bond acceptors (Lipinski definition) is 4. The van der Waals surface area contributed by atoms with Crippen LogP contribution in [0.3, 0.4) is 0 Å². The van der Waals surface area contributed by atoms with Crippen molar-refractivity contribution in [2.75, 3.05) is 0 Å². The van der Waals surface area contributed by atoms with Crippen LogP contribution in [0, 0.1) is 0 Å². The average molecular weight is 636 g/mol. The minimum Gasteiger partial charge on any atom is -0.343 e. The van der Waals surface area contributed by atoms with Crippen LogP contribution < -0.4 is 5.32 Å². The predicted octanol–water partition coefficient (Wildman–Crippen LogP) is 11.9. The van der Waals surface area contributed by atoms with Crippen LogP contribution in [0.1, 0.15) is 16.5 Å². The lowest BCUT2D eigenvalue weighted by molar-refractivity contribution is 0.747. The Balaban J connectivity index is 1.30. The predicted molar refractivity (Wildman–Crippen MR) is 203 cm³/mol. The van der Waals surface area contributed by atoms with Crippen LogP contribution in [0.5, 0.6) is 0 Å². The van der Waals surface area contributed by atoms with Crippen molar-refractivity contribution < 1.29 is 0 Å². The first-order valence-electron chi connectivity index (χ1n) is 15.9. The van der Waals surface area contributed by atoms with Gasteiger partial charge in [0.15, 0.2) is 0 Å². The zero-order chi connectivity index (χ0) is 30.6. The number of para-hydroxylation sites is 1. The van der Waals surface area contributed by atoms with Gasteiger partial charge in [-0.3, -0.25) is 4.57 Å². The number of fused-ring (bicyclic) bond motifs is 15. The maximum absolute atomic E-state index is 5.57. The van der Waals surface area contributed by atoms with Gasteiger partial charge in [-0.1, -0.05) is 127 Å². The summed E-state index contributed by atoms with van der Waals surface area (Å²) in [4.78, 5) is 6.82.